The number of halogens is 3. The molecule has 0 saturated carbocycles. The van der Waals surface area contributed by atoms with Crippen molar-refractivity contribution in [2.75, 3.05) is 18.5 Å². The quantitative estimate of drug-likeness (QED) is 0.443. The van der Waals surface area contributed by atoms with Gasteiger partial charge in [0.15, 0.2) is 0 Å². The monoisotopic (exact) mass is 442 g/mol. The van der Waals surface area contributed by atoms with Crippen molar-refractivity contribution >= 4 is 22.3 Å². The van der Waals surface area contributed by atoms with E-state index in [4.69, 9.17) is 4.74 Å². The molecule has 0 unspecified atom stereocenters. The highest BCUT2D eigenvalue weighted by Gasteiger charge is 2.33. The Labute approximate surface area is 184 Å². The van der Waals surface area contributed by atoms with Crippen molar-refractivity contribution in [1.29, 1.82) is 0 Å². The van der Waals surface area contributed by atoms with Crippen molar-refractivity contribution in [1.82, 2.24) is 15.2 Å². The molecule has 3 N–H and O–H groups in total. The van der Waals surface area contributed by atoms with E-state index in [0.29, 0.717) is 24.6 Å². The highest BCUT2D eigenvalue weighted by molar-refractivity contribution is 5.91. The minimum Gasteiger partial charge on any atom is -0.377 e. The van der Waals surface area contributed by atoms with Crippen LogP contribution in [0.1, 0.15) is 41.6 Å². The molecule has 0 spiro atoms. The third-order valence-corrected chi connectivity index (χ3v) is 5.68. The molecule has 1 atom stereocenters. The Morgan fingerprint density at radius 2 is 2.03 bits per heavy atom. The standard InChI is InChI=1S/C24H25F3N4O/c1-15-19(4-3-5-21(15)24(25,26)27)16(2)30-23-20-14-18(17-8-12-32-13-9-17)6-7-22(20)28-10-11-29-31-23/h3-8,10-11,14,16,29-31H,9,12-13H2,1-2H3/t16-/m1/s1. The van der Waals surface area contributed by atoms with Crippen LogP contribution in [0.3, 0.4) is 0 Å². The number of alkyl halides is 3. The lowest BCUT2D eigenvalue weighted by Gasteiger charge is -2.21. The van der Waals surface area contributed by atoms with Crippen molar-refractivity contribution in [3.05, 3.63) is 77.1 Å². The number of aromatic nitrogens is 3. The molecule has 4 rings (SSSR count). The maximum absolute atomic E-state index is 13.4. The summed E-state index contributed by atoms with van der Waals surface area (Å²) in [5.74, 6) is 0.631. The van der Waals surface area contributed by atoms with Gasteiger partial charge in [-0.15, -0.1) is 0 Å². The van der Waals surface area contributed by atoms with Crippen LogP contribution in [0.4, 0.5) is 19.0 Å². The van der Waals surface area contributed by atoms with Crippen LogP contribution in [0.5, 0.6) is 0 Å². The SMILES string of the molecule is Cc1c([C@@H](C)Nc2[nH][nH]ccnc3ccc(C4=CCOCC4)cc23)cccc1C(F)(F)F. The predicted molar refractivity (Wildman–Crippen MR) is 120 cm³/mol. The summed E-state index contributed by atoms with van der Waals surface area (Å²) >= 11 is 0. The molecule has 32 heavy (non-hydrogen) atoms. The average molecular weight is 442 g/mol. The highest BCUT2D eigenvalue weighted by atomic mass is 19.4. The van der Waals surface area contributed by atoms with Crippen LogP contribution < -0.4 is 5.32 Å². The van der Waals surface area contributed by atoms with Crippen LogP contribution in [-0.2, 0) is 10.9 Å². The largest absolute Gasteiger partial charge is 0.416 e. The Balaban J connectivity index is 1.77. The van der Waals surface area contributed by atoms with Crippen molar-refractivity contribution in [3.8, 4) is 0 Å². The van der Waals surface area contributed by atoms with Crippen LogP contribution >= 0.6 is 0 Å². The molecule has 0 amide bonds. The number of nitrogens with zero attached hydrogens (tertiary/aromatic N) is 1. The topological polar surface area (TPSA) is 65.7 Å². The van der Waals surface area contributed by atoms with Gasteiger partial charge < -0.3 is 15.2 Å². The summed E-state index contributed by atoms with van der Waals surface area (Å²) in [5.41, 5.74) is 3.19. The lowest BCUT2D eigenvalue weighted by Crippen LogP contribution is -2.14. The molecule has 1 aliphatic heterocycles. The number of rotatable bonds is 4. The molecule has 8 heteroatoms. The Bertz CT molecular complexity index is 1190. The van der Waals surface area contributed by atoms with Gasteiger partial charge in [0.2, 0.25) is 0 Å². The van der Waals surface area contributed by atoms with Crippen LogP contribution in [-0.4, -0.2) is 28.4 Å². The maximum atomic E-state index is 13.4. The first-order valence-electron chi connectivity index (χ1n) is 10.4. The summed E-state index contributed by atoms with van der Waals surface area (Å²) in [7, 11) is 0. The minimum atomic E-state index is -4.39. The van der Waals surface area contributed by atoms with E-state index in [1.54, 1.807) is 18.5 Å². The molecule has 5 nitrogen and oxygen atoms in total. The van der Waals surface area contributed by atoms with Crippen LogP contribution in [0.2, 0.25) is 0 Å². The third-order valence-electron chi connectivity index (χ3n) is 5.68. The van der Waals surface area contributed by atoms with Gasteiger partial charge in [-0.1, -0.05) is 24.3 Å². The van der Waals surface area contributed by atoms with Gasteiger partial charge in [0.25, 0.3) is 0 Å². The Kier molecular flexibility index (Phi) is 6.23. The molecule has 2 aromatic carbocycles. The molecule has 2 heterocycles. The number of anilines is 1. The summed E-state index contributed by atoms with van der Waals surface area (Å²) in [6, 6.07) is 9.90. The van der Waals surface area contributed by atoms with Crippen molar-refractivity contribution in [2.24, 2.45) is 0 Å². The molecule has 3 aromatic rings. The second kappa shape index (κ2) is 9.08. The van der Waals surface area contributed by atoms with Crippen molar-refractivity contribution in [2.45, 2.75) is 32.5 Å². The Morgan fingerprint density at radius 3 is 2.78 bits per heavy atom. The molecule has 0 fully saturated rings. The molecular formula is C24H25F3N4O. The molecule has 168 valence electrons. The number of fused-ring (bicyclic) bond motifs is 1. The number of hydrogen-bond acceptors (Lipinski definition) is 3. The normalized spacial score (nSPS) is 15.2. The third kappa shape index (κ3) is 4.65. The van der Waals surface area contributed by atoms with Crippen molar-refractivity contribution < 1.29 is 17.9 Å². The van der Waals surface area contributed by atoms with Gasteiger partial charge in [-0.2, -0.15) is 13.2 Å². The maximum Gasteiger partial charge on any atom is 0.416 e. The predicted octanol–water partition coefficient (Wildman–Crippen LogP) is 6.32. The van der Waals surface area contributed by atoms with E-state index in [1.807, 2.05) is 25.1 Å². The van der Waals surface area contributed by atoms with E-state index < -0.39 is 11.7 Å². The van der Waals surface area contributed by atoms with E-state index in [-0.39, 0.29) is 11.6 Å². The van der Waals surface area contributed by atoms with E-state index in [0.717, 1.165) is 29.0 Å². The summed E-state index contributed by atoms with van der Waals surface area (Å²) in [5, 5.41) is 10.2. The van der Waals surface area contributed by atoms with Gasteiger partial charge in [-0.3, -0.25) is 10.1 Å². The van der Waals surface area contributed by atoms with Crippen LogP contribution in [0, 0.1) is 6.92 Å². The van der Waals surface area contributed by atoms with Crippen LogP contribution in [0.25, 0.3) is 16.5 Å². The Hall–Kier alpha value is -3.26. The second-order valence-corrected chi connectivity index (χ2v) is 7.76. The molecular weight excluding hydrogens is 417 g/mol. The van der Waals surface area contributed by atoms with Crippen LogP contribution in [0.15, 0.2) is 54.9 Å². The lowest BCUT2D eigenvalue weighted by atomic mass is 9.97. The zero-order valence-corrected chi connectivity index (χ0v) is 17.9. The van der Waals surface area contributed by atoms with E-state index >= 15 is 0 Å². The van der Waals surface area contributed by atoms with E-state index in [1.165, 1.54) is 18.6 Å². The summed E-state index contributed by atoms with van der Waals surface area (Å²) in [4.78, 5) is 4.49. The number of H-pyrrole nitrogens is 2. The number of ether oxygens (including phenoxy) is 1. The second-order valence-electron chi connectivity index (χ2n) is 7.76. The number of nitrogens with one attached hydrogen (secondary N) is 3. The van der Waals surface area contributed by atoms with Gasteiger partial charge >= 0.3 is 6.18 Å². The van der Waals surface area contributed by atoms with E-state index in [2.05, 4.69) is 26.6 Å². The summed E-state index contributed by atoms with van der Waals surface area (Å²) < 4.78 is 45.6. The fraction of sp³-hybridized carbons (Fsp3) is 0.292. The molecule has 0 radical (unpaired) electrons. The molecule has 1 aliphatic rings. The van der Waals surface area contributed by atoms with Gasteiger partial charge in [0.1, 0.15) is 5.82 Å². The zero-order valence-electron chi connectivity index (χ0n) is 17.9. The Morgan fingerprint density at radius 1 is 1.19 bits per heavy atom. The molecule has 0 bridgehead atoms. The minimum absolute atomic E-state index is 0.213. The number of aromatic amines is 2. The number of benzene rings is 2. The highest BCUT2D eigenvalue weighted by Crippen LogP contribution is 2.35. The fourth-order valence-electron chi connectivity index (χ4n) is 4.01. The first-order chi connectivity index (χ1) is 15.3. The zero-order chi connectivity index (χ0) is 22.7. The average Bonchev–Trinajstić information content (AvgIpc) is 2.76. The molecule has 1 aromatic heterocycles. The summed E-state index contributed by atoms with van der Waals surface area (Å²) in [6.45, 7) is 4.61. The van der Waals surface area contributed by atoms with Gasteiger partial charge in [0, 0.05) is 17.8 Å². The van der Waals surface area contributed by atoms with Crippen molar-refractivity contribution in [3.63, 3.8) is 0 Å². The molecule has 0 saturated heterocycles. The van der Waals surface area contributed by atoms with Gasteiger partial charge in [0.05, 0.1) is 30.3 Å². The molecule has 0 aliphatic carbocycles. The smallest absolute Gasteiger partial charge is 0.377 e. The fourth-order valence-corrected chi connectivity index (χ4v) is 4.01. The lowest BCUT2D eigenvalue weighted by molar-refractivity contribution is -0.138. The van der Waals surface area contributed by atoms with E-state index in [9.17, 15) is 13.2 Å². The number of hydrogen-bond donors (Lipinski definition) is 3. The first-order valence-corrected chi connectivity index (χ1v) is 10.4. The van der Waals surface area contributed by atoms with Gasteiger partial charge in [-0.05, 0) is 60.7 Å². The first kappa shape index (κ1) is 22.0. The summed E-state index contributed by atoms with van der Waals surface area (Å²) in [6.07, 6.45) is 1.80. The van der Waals surface area contributed by atoms with Gasteiger partial charge in [-0.25, -0.2) is 0 Å².